The summed E-state index contributed by atoms with van der Waals surface area (Å²) in [5, 5.41) is 11.4. The Morgan fingerprint density at radius 3 is 1.94 bits per heavy atom. The lowest BCUT2D eigenvalue weighted by atomic mass is 10.2. The summed E-state index contributed by atoms with van der Waals surface area (Å²) in [5.74, 6) is 1.66. The van der Waals surface area contributed by atoms with Gasteiger partial charge < -0.3 is 9.47 Å². The molecule has 5 rings (SSSR count). The fourth-order valence-corrected chi connectivity index (χ4v) is 5.93. The first-order valence-electron chi connectivity index (χ1n) is 10.1. The Kier molecular flexibility index (Phi) is 5.53. The van der Waals surface area contributed by atoms with Crippen LogP contribution < -0.4 is 25.5 Å². The minimum atomic E-state index is -0.907. The normalized spacial score (nSPS) is 11.1. The van der Waals surface area contributed by atoms with Crippen molar-refractivity contribution >= 4 is 29.5 Å². The molecule has 0 N–H and O–H groups in total. The van der Waals surface area contributed by atoms with Gasteiger partial charge in [0.2, 0.25) is 0 Å². The number of hydrogen-bond donors (Lipinski definition) is 0. The van der Waals surface area contributed by atoms with Crippen molar-refractivity contribution in [2.24, 2.45) is 0 Å². The lowest BCUT2D eigenvalue weighted by molar-refractivity contribution is 0.415. The molecule has 0 aliphatic carbocycles. The molecule has 5 aromatic rings. The van der Waals surface area contributed by atoms with Gasteiger partial charge in [-0.05, 0) is 59.1 Å². The third kappa shape index (κ3) is 3.70. The molecular formula is C25H21N4O2P. The number of pyridine rings is 2. The zero-order valence-electron chi connectivity index (χ0n) is 17.7. The second-order valence-corrected chi connectivity index (χ2v) is 9.23. The third-order valence-corrected chi connectivity index (χ3v) is 7.65. The molecule has 0 atom stereocenters. The maximum atomic E-state index is 5.37. The molecule has 0 radical (unpaired) electrons. The van der Waals surface area contributed by atoms with E-state index in [1.54, 1.807) is 20.4 Å². The first-order chi connectivity index (χ1) is 15.8. The van der Waals surface area contributed by atoms with Crippen molar-refractivity contribution in [2.45, 2.75) is 0 Å². The summed E-state index contributed by atoms with van der Waals surface area (Å²) in [7, 11) is 2.45. The van der Waals surface area contributed by atoms with Gasteiger partial charge in [-0.1, -0.05) is 41.6 Å². The summed E-state index contributed by atoms with van der Waals surface area (Å²) in [6.07, 6.45) is 1.77. The van der Waals surface area contributed by atoms with Crippen LogP contribution in [0.25, 0.3) is 16.9 Å². The maximum Gasteiger partial charge on any atom is 0.139 e. The molecule has 0 spiro atoms. The van der Waals surface area contributed by atoms with Crippen LogP contribution in [0, 0.1) is 0 Å². The second-order valence-electron chi connectivity index (χ2n) is 7.07. The van der Waals surface area contributed by atoms with Crippen molar-refractivity contribution in [1.29, 1.82) is 0 Å². The highest BCUT2D eigenvalue weighted by Crippen LogP contribution is 2.34. The van der Waals surface area contributed by atoms with Crippen LogP contribution in [0.3, 0.4) is 0 Å². The van der Waals surface area contributed by atoms with Crippen molar-refractivity contribution in [3.05, 3.63) is 91.1 Å². The molecule has 0 bridgehead atoms. The van der Waals surface area contributed by atoms with E-state index >= 15 is 0 Å². The van der Waals surface area contributed by atoms with Crippen LogP contribution in [0.5, 0.6) is 11.5 Å². The average Bonchev–Trinajstić information content (AvgIpc) is 3.31. The molecule has 158 valence electrons. The molecule has 0 fully saturated rings. The zero-order valence-corrected chi connectivity index (χ0v) is 18.6. The highest BCUT2D eigenvalue weighted by molar-refractivity contribution is 7.79. The summed E-state index contributed by atoms with van der Waals surface area (Å²) in [6.45, 7) is 0. The van der Waals surface area contributed by atoms with Gasteiger partial charge in [-0.2, -0.15) is 0 Å². The largest absolute Gasteiger partial charge is 0.497 e. The van der Waals surface area contributed by atoms with Gasteiger partial charge in [0.25, 0.3) is 0 Å². The zero-order chi connectivity index (χ0) is 21.9. The van der Waals surface area contributed by atoms with Gasteiger partial charge in [0.15, 0.2) is 0 Å². The smallest absolute Gasteiger partial charge is 0.139 e. The van der Waals surface area contributed by atoms with Gasteiger partial charge in [-0.3, -0.25) is 4.98 Å². The van der Waals surface area contributed by atoms with Crippen LogP contribution in [-0.4, -0.2) is 34.0 Å². The Labute approximate surface area is 187 Å². The fraction of sp³-hybridized carbons (Fsp3) is 0.0800. The molecule has 0 saturated heterocycles. The Morgan fingerprint density at radius 2 is 1.38 bits per heavy atom. The quantitative estimate of drug-likeness (QED) is 0.378. The highest BCUT2D eigenvalue weighted by atomic mass is 31.1. The molecule has 0 aliphatic heterocycles. The predicted molar refractivity (Wildman–Crippen MR) is 128 cm³/mol. The summed E-state index contributed by atoms with van der Waals surface area (Å²) in [6, 6.07) is 28.4. The lowest BCUT2D eigenvalue weighted by Gasteiger charge is -2.20. The van der Waals surface area contributed by atoms with Gasteiger partial charge >= 0.3 is 0 Å². The number of aromatic nitrogens is 4. The number of hydrogen-bond acceptors (Lipinski definition) is 5. The Morgan fingerprint density at radius 1 is 0.719 bits per heavy atom. The van der Waals surface area contributed by atoms with E-state index in [0.29, 0.717) is 0 Å². The second kappa shape index (κ2) is 8.77. The van der Waals surface area contributed by atoms with E-state index in [1.165, 1.54) is 10.6 Å². The highest BCUT2D eigenvalue weighted by Gasteiger charge is 2.22. The van der Waals surface area contributed by atoms with Gasteiger partial charge in [0.1, 0.15) is 17.2 Å². The fourth-order valence-electron chi connectivity index (χ4n) is 3.63. The van der Waals surface area contributed by atoms with Crippen molar-refractivity contribution in [3.63, 3.8) is 0 Å². The number of rotatable bonds is 6. The van der Waals surface area contributed by atoms with Crippen LogP contribution in [0.2, 0.25) is 0 Å². The Bertz CT molecular complexity index is 1290. The van der Waals surface area contributed by atoms with Crippen molar-refractivity contribution < 1.29 is 9.47 Å². The average molecular weight is 440 g/mol. The Balaban J connectivity index is 1.69. The summed E-state index contributed by atoms with van der Waals surface area (Å²) in [4.78, 5) is 4.46. The van der Waals surface area contributed by atoms with Crippen LogP contribution in [0.4, 0.5) is 0 Å². The van der Waals surface area contributed by atoms with Gasteiger partial charge in [-0.25, -0.2) is 4.52 Å². The van der Waals surface area contributed by atoms with E-state index in [0.717, 1.165) is 33.8 Å². The molecule has 0 amide bonds. The van der Waals surface area contributed by atoms with Crippen molar-refractivity contribution in [2.75, 3.05) is 14.2 Å². The molecular weight excluding hydrogens is 419 g/mol. The number of benzene rings is 2. The van der Waals surface area contributed by atoms with E-state index in [2.05, 4.69) is 51.7 Å². The molecule has 7 heteroatoms. The number of nitrogens with zero attached hydrogens (tertiary/aromatic N) is 4. The minimum absolute atomic E-state index is 0.770. The monoisotopic (exact) mass is 440 g/mol. The van der Waals surface area contributed by atoms with Gasteiger partial charge in [-0.15, -0.1) is 5.10 Å². The lowest BCUT2D eigenvalue weighted by Crippen LogP contribution is -2.25. The molecule has 32 heavy (non-hydrogen) atoms. The summed E-state index contributed by atoms with van der Waals surface area (Å²) in [5.41, 5.74) is 3.57. The van der Waals surface area contributed by atoms with Crippen LogP contribution in [0.15, 0.2) is 91.1 Å². The van der Waals surface area contributed by atoms with Gasteiger partial charge in [0.05, 0.1) is 30.9 Å². The molecule has 0 aliphatic rings. The van der Waals surface area contributed by atoms with E-state index < -0.39 is 7.92 Å². The predicted octanol–water partition coefficient (Wildman–Crippen LogP) is 3.57. The SMILES string of the molecule is COc1ccc(P(c2ccc(OC)cc2)c2cccc3c(-c4ccccn4)nnn23)cc1. The topological polar surface area (TPSA) is 61.5 Å². The minimum Gasteiger partial charge on any atom is -0.497 e. The van der Waals surface area contributed by atoms with Crippen LogP contribution in [0.1, 0.15) is 0 Å². The van der Waals surface area contributed by atoms with Gasteiger partial charge in [0, 0.05) is 14.1 Å². The van der Waals surface area contributed by atoms with Crippen LogP contribution in [-0.2, 0) is 0 Å². The number of ether oxygens (including phenoxy) is 2. The first kappa shape index (κ1) is 20.2. The Hall–Kier alpha value is -3.76. The third-order valence-electron chi connectivity index (χ3n) is 5.22. The summed E-state index contributed by atoms with van der Waals surface area (Å²) >= 11 is 0. The first-order valence-corrected chi connectivity index (χ1v) is 11.5. The molecule has 2 aromatic carbocycles. The van der Waals surface area contributed by atoms with E-state index in [9.17, 15) is 0 Å². The summed E-state index contributed by atoms with van der Waals surface area (Å²) < 4.78 is 12.7. The molecule has 3 aromatic heterocycles. The standard InChI is InChI=1S/C25H21N4O2P/c1-30-18-9-13-20(14-10-18)32(21-15-11-19(31-2)12-16-21)24-8-5-7-23-25(27-28-29(23)24)22-6-3-4-17-26-22/h3-17H,1-2H3. The molecule has 0 saturated carbocycles. The van der Waals surface area contributed by atoms with Crippen molar-refractivity contribution in [1.82, 2.24) is 19.8 Å². The number of fused-ring (bicyclic) bond motifs is 1. The van der Waals surface area contributed by atoms with E-state index in [4.69, 9.17) is 9.47 Å². The van der Waals surface area contributed by atoms with Crippen LogP contribution >= 0.6 is 7.92 Å². The van der Waals surface area contributed by atoms with E-state index in [1.807, 2.05) is 53.0 Å². The van der Waals surface area contributed by atoms with E-state index in [-0.39, 0.29) is 0 Å². The maximum absolute atomic E-state index is 5.37. The number of methoxy groups -OCH3 is 2. The molecule has 3 heterocycles. The molecule has 0 unspecified atom stereocenters. The molecule has 6 nitrogen and oxygen atoms in total. The van der Waals surface area contributed by atoms with Crippen molar-refractivity contribution in [3.8, 4) is 22.9 Å².